The van der Waals surface area contributed by atoms with Gasteiger partial charge in [-0.05, 0) is 0 Å². The minimum absolute atomic E-state index is 0.211. The van der Waals surface area contributed by atoms with Gasteiger partial charge in [0, 0.05) is 6.07 Å². The summed E-state index contributed by atoms with van der Waals surface area (Å²) < 4.78 is 17.0. The molecule has 0 saturated heterocycles. The van der Waals surface area contributed by atoms with Crippen LogP contribution in [0.15, 0.2) is 12.3 Å². The molecule has 3 nitrogen and oxygen atoms in total. The summed E-state index contributed by atoms with van der Waals surface area (Å²) in [5.74, 6) is -0.209. The van der Waals surface area contributed by atoms with Crippen molar-refractivity contribution in [3.8, 4) is 5.88 Å². The predicted molar refractivity (Wildman–Crippen MR) is 35.2 cm³/mol. The van der Waals surface area contributed by atoms with E-state index in [1.165, 1.54) is 7.11 Å². The number of aromatic nitrogens is 1. The first-order valence-corrected chi connectivity index (χ1v) is 2.69. The van der Waals surface area contributed by atoms with E-state index in [0.717, 1.165) is 12.3 Å². The van der Waals surface area contributed by atoms with Gasteiger partial charge in [-0.1, -0.05) is 0 Å². The van der Waals surface area contributed by atoms with Crippen LogP contribution in [-0.4, -0.2) is 12.1 Å². The first kappa shape index (κ1) is 6.80. The van der Waals surface area contributed by atoms with Crippen LogP contribution in [0.1, 0.15) is 0 Å². The molecular weight excluding hydrogens is 135 g/mol. The number of nitrogen functional groups attached to an aromatic ring is 1. The van der Waals surface area contributed by atoms with E-state index >= 15 is 0 Å². The van der Waals surface area contributed by atoms with Crippen molar-refractivity contribution in [1.29, 1.82) is 0 Å². The van der Waals surface area contributed by atoms with Crippen LogP contribution >= 0.6 is 0 Å². The maximum absolute atomic E-state index is 12.3. The molecular formula is C6H7FN2O. The molecule has 54 valence electrons. The van der Waals surface area contributed by atoms with E-state index in [0.29, 0.717) is 0 Å². The molecule has 0 aliphatic carbocycles. The number of methoxy groups -OCH3 is 1. The van der Waals surface area contributed by atoms with Crippen LogP contribution in [-0.2, 0) is 0 Å². The largest absolute Gasteiger partial charge is 0.480 e. The van der Waals surface area contributed by atoms with Crippen molar-refractivity contribution in [1.82, 2.24) is 4.98 Å². The molecule has 0 atom stereocenters. The summed E-state index contributed by atoms with van der Waals surface area (Å²) in [5, 5.41) is 0. The number of halogens is 1. The molecule has 0 fully saturated rings. The number of ether oxygens (including phenoxy) is 1. The zero-order valence-corrected chi connectivity index (χ0v) is 5.47. The van der Waals surface area contributed by atoms with Crippen LogP contribution in [0.5, 0.6) is 5.88 Å². The van der Waals surface area contributed by atoms with E-state index in [1.54, 1.807) is 0 Å². The van der Waals surface area contributed by atoms with E-state index in [-0.39, 0.29) is 11.6 Å². The molecule has 0 unspecified atom stereocenters. The number of pyridine rings is 1. The molecule has 0 radical (unpaired) electrons. The summed E-state index contributed by atoms with van der Waals surface area (Å²) in [6, 6.07) is 1.16. The van der Waals surface area contributed by atoms with E-state index in [2.05, 4.69) is 4.98 Å². The lowest BCUT2D eigenvalue weighted by Gasteiger charge is -2.00. The number of rotatable bonds is 1. The lowest BCUT2D eigenvalue weighted by Crippen LogP contribution is -1.95. The third-order valence-corrected chi connectivity index (χ3v) is 1.04. The Labute approximate surface area is 57.6 Å². The summed E-state index contributed by atoms with van der Waals surface area (Å²) >= 11 is 0. The fraction of sp³-hybridized carbons (Fsp3) is 0.167. The fourth-order valence-electron chi connectivity index (χ4n) is 0.613. The molecule has 1 heterocycles. The van der Waals surface area contributed by atoms with Gasteiger partial charge in [-0.2, -0.15) is 0 Å². The van der Waals surface area contributed by atoms with Crippen molar-refractivity contribution in [3.63, 3.8) is 0 Å². The van der Waals surface area contributed by atoms with Crippen molar-refractivity contribution in [2.75, 3.05) is 12.8 Å². The quantitative estimate of drug-likeness (QED) is 0.631. The molecule has 1 aromatic rings. The molecule has 1 aromatic heterocycles. The van der Waals surface area contributed by atoms with Gasteiger partial charge in [-0.25, -0.2) is 9.37 Å². The average molecular weight is 142 g/mol. The Hall–Kier alpha value is -1.32. The molecule has 0 aromatic carbocycles. The third-order valence-electron chi connectivity index (χ3n) is 1.04. The molecule has 10 heavy (non-hydrogen) atoms. The maximum Gasteiger partial charge on any atom is 0.237 e. The summed E-state index contributed by atoms with van der Waals surface area (Å²) in [4.78, 5) is 3.57. The van der Waals surface area contributed by atoms with Crippen molar-refractivity contribution in [2.45, 2.75) is 0 Å². The second-order valence-electron chi connectivity index (χ2n) is 1.75. The lowest BCUT2D eigenvalue weighted by molar-refractivity contribution is 0.398. The van der Waals surface area contributed by atoms with Crippen LogP contribution in [0.25, 0.3) is 0 Å². The predicted octanol–water partition coefficient (Wildman–Crippen LogP) is 0.811. The van der Waals surface area contributed by atoms with Crippen molar-refractivity contribution >= 4 is 5.69 Å². The SMILES string of the molecule is COc1ncc(F)cc1N. The number of nitrogens with two attached hydrogens (primary N) is 1. The highest BCUT2D eigenvalue weighted by Crippen LogP contribution is 2.16. The van der Waals surface area contributed by atoms with Crippen LogP contribution < -0.4 is 10.5 Å². The van der Waals surface area contributed by atoms with Gasteiger partial charge in [0.1, 0.15) is 5.82 Å². The van der Waals surface area contributed by atoms with E-state index in [9.17, 15) is 4.39 Å². The third kappa shape index (κ3) is 1.15. The Bertz CT molecular complexity index is 239. The Balaban J connectivity index is 3.07. The minimum atomic E-state index is -0.460. The standard InChI is InChI=1S/C6H7FN2O/c1-10-6-5(8)2-4(7)3-9-6/h2-3H,8H2,1H3. The highest BCUT2D eigenvalue weighted by molar-refractivity contribution is 5.47. The highest BCUT2D eigenvalue weighted by atomic mass is 19.1. The first-order chi connectivity index (χ1) is 4.74. The number of hydrogen-bond acceptors (Lipinski definition) is 3. The van der Waals surface area contributed by atoms with Crippen LogP contribution in [0.3, 0.4) is 0 Å². The van der Waals surface area contributed by atoms with Gasteiger partial charge in [0.2, 0.25) is 5.88 Å². The highest BCUT2D eigenvalue weighted by Gasteiger charge is 1.99. The summed E-state index contributed by atoms with van der Waals surface area (Å²) in [6.45, 7) is 0. The van der Waals surface area contributed by atoms with Crippen LogP contribution in [0.4, 0.5) is 10.1 Å². The smallest absolute Gasteiger partial charge is 0.237 e. The molecule has 1 rings (SSSR count). The molecule has 2 N–H and O–H groups in total. The van der Waals surface area contributed by atoms with Crippen LogP contribution in [0, 0.1) is 5.82 Å². The minimum Gasteiger partial charge on any atom is -0.480 e. The lowest BCUT2D eigenvalue weighted by atomic mass is 10.4. The zero-order chi connectivity index (χ0) is 7.56. The molecule has 0 amide bonds. The van der Waals surface area contributed by atoms with E-state index in [1.807, 2.05) is 0 Å². The number of nitrogens with zero attached hydrogens (tertiary/aromatic N) is 1. The van der Waals surface area contributed by atoms with E-state index < -0.39 is 5.82 Å². The normalized spacial score (nSPS) is 9.40. The van der Waals surface area contributed by atoms with Crippen molar-refractivity contribution in [3.05, 3.63) is 18.1 Å². The van der Waals surface area contributed by atoms with Gasteiger partial charge in [0.15, 0.2) is 0 Å². The molecule has 0 aliphatic heterocycles. The molecule has 0 saturated carbocycles. The van der Waals surface area contributed by atoms with Crippen molar-refractivity contribution in [2.24, 2.45) is 0 Å². The Kier molecular flexibility index (Phi) is 1.71. The van der Waals surface area contributed by atoms with Gasteiger partial charge >= 0.3 is 0 Å². The van der Waals surface area contributed by atoms with E-state index in [4.69, 9.17) is 10.5 Å². The van der Waals surface area contributed by atoms with Crippen molar-refractivity contribution < 1.29 is 9.13 Å². The zero-order valence-electron chi connectivity index (χ0n) is 5.47. The summed E-state index contributed by atoms with van der Waals surface area (Å²) in [7, 11) is 1.43. The molecule has 0 bridgehead atoms. The molecule has 0 aliphatic rings. The fourth-order valence-corrected chi connectivity index (χ4v) is 0.613. The monoisotopic (exact) mass is 142 g/mol. The second-order valence-corrected chi connectivity index (χ2v) is 1.75. The summed E-state index contributed by atoms with van der Waals surface area (Å²) in [6.07, 6.45) is 1.05. The van der Waals surface area contributed by atoms with Gasteiger partial charge in [-0.3, -0.25) is 0 Å². The van der Waals surface area contributed by atoms with Gasteiger partial charge < -0.3 is 10.5 Å². The summed E-state index contributed by atoms with van der Waals surface area (Å²) in [5.41, 5.74) is 5.52. The van der Waals surface area contributed by atoms with Gasteiger partial charge in [0.05, 0.1) is 19.0 Å². The first-order valence-electron chi connectivity index (χ1n) is 2.69. The Morgan fingerprint density at radius 1 is 1.70 bits per heavy atom. The maximum atomic E-state index is 12.3. The topological polar surface area (TPSA) is 48.1 Å². The number of anilines is 1. The van der Waals surface area contributed by atoms with Gasteiger partial charge in [-0.15, -0.1) is 0 Å². The second kappa shape index (κ2) is 2.51. The number of hydrogen-bond donors (Lipinski definition) is 1. The average Bonchev–Trinajstić information content (AvgIpc) is 1.88. The van der Waals surface area contributed by atoms with Crippen LogP contribution in [0.2, 0.25) is 0 Å². The molecule has 0 spiro atoms. The Morgan fingerprint density at radius 2 is 2.40 bits per heavy atom. The Morgan fingerprint density at radius 3 is 2.90 bits per heavy atom. The molecule has 4 heteroatoms. The van der Waals surface area contributed by atoms with Gasteiger partial charge in [0.25, 0.3) is 0 Å².